The lowest BCUT2D eigenvalue weighted by molar-refractivity contribution is -0.136. The average Bonchev–Trinajstić information content (AvgIpc) is 2.59. The number of nitrogens with one attached hydrogen (secondary N) is 1. The van der Waals surface area contributed by atoms with E-state index in [0.29, 0.717) is 5.75 Å². The monoisotopic (exact) mass is 222 g/mol. The van der Waals surface area contributed by atoms with Crippen molar-refractivity contribution < 1.29 is 9.90 Å². The molecule has 2 N–H and O–H groups in total. The van der Waals surface area contributed by atoms with Gasteiger partial charge < -0.3 is 10.1 Å². The van der Waals surface area contributed by atoms with E-state index in [1.165, 1.54) is 11.8 Å². The lowest BCUT2D eigenvalue weighted by atomic mass is 10.3. The van der Waals surface area contributed by atoms with Gasteiger partial charge in [-0.15, -0.1) is 0 Å². The number of carboxylic acid groups (broad SMARTS) is 1. The Balaban J connectivity index is 2.05. The molecule has 0 radical (unpaired) electrons. The van der Waals surface area contributed by atoms with Gasteiger partial charge in [-0.05, 0) is 12.1 Å². The van der Waals surface area contributed by atoms with Crippen LogP contribution in [0.15, 0.2) is 29.4 Å². The Hall–Kier alpha value is -1.49. The van der Waals surface area contributed by atoms with Gasteiger partial charge in [0.15, 0.2) is 5.16 Å². The van der Waals surface area contributed by atoms with E-state index < -0.39 is 5.97 Å². The molecular formula is C10H10N2O2S. The van der Waals surface area contributed by atoms with Crippen LogP contribution in [0, 0.1) is 0 Å². The standard InChI is InChI=1S/C10H10N2O2S/c13-9(14)5-6-15-10-11-7-3-1-2-4-8(7)12-10/h1-4H,5-6H2,(H,11,12)(H,13,14). The molecule has 0 aliphatic carbocycles. The van der Waals surface area contributed by atoms with E-state index >= 15 is 0 Å². The number of para-hydroxylation sites is 2. The largest absolute Gasteiger partial charge is 0.481 e. The molecule has 0 aliphatic rings. The predicted octanol–water partition coefficient (Wildman–Crippen LogP) is 2.13. The summed E-state index contributed by atoms with van der Waals surface area (Å²) in [5.41, 5.74) is 1.89. The first kappa shape index (κ1) is 10.0. The van der Waals surface area contributed by atoms with Gasteiger partial charge in [0.05, 0.1) is 17.5 Å². The van der Waals surface area contributed by atoms with Crippen LogP contribution in [-0.4, -0.2) is 26.8 Å². The second-order valence-corrected chi connectivity index (χ2v) is 4.13. The Morgan fingerprint density at radius 3 is 3.00 bits per heavy atom. The Morgan fingerprint density at radius 2 is 2.27 bits per heavy atom. The highest BCUT2D eigenvalue weighted by molar-refractivity contribution is 7.99. The van der Waals surface area contributed by atoms with Gasteiger partial charge in [0.1, 0.15) is 0 Å². The Bertz CT molecular complexity index is 448. The van der Waals surface area contributed by atoms with Crippen LogP contribution in [0.1, 0.15) is 6.42 Å². The van der Waals surface area contributed by atoms with Crippen LogP contribution < -0.4 is 0 Å². The topological polar surface area (TPSA) is 66.0 Å². The molecule has 15 heavy (non-hydrogen) atoms. The van der Waals surface area contributed by atoms with Crippen molar-refractivity contribution in [3.05, 3.63) is 24.3 Å². The summed E-state index contributed by atoms with van der Waals surface area (Å²) in [5, 5.41) is 9.26. The number of rotatable bonds is 4. The number of carboxylic acids is 1. The Morgan fingerprint density at radius 1 is 1.47 bits per heavy atom. The SMILES string of the molecule is O=C(O)CCSc1nc2ccccc2[nH]1. The highest BCUT2D eigenvalue weighted by Gasteiger charge is 2.03. The predicted molar refractivity (Wildman–Crippen MR) is 59.1 cm³/mol. The molecule has 1 aromatic heterocycles. The van der Waals surface area contributed by atoms with E-state index in [1.807, 2.05) is 24.3 Å². The molecule has 0 fully saturated rings. The Kier molecular flexibility index (Phi) is 2.91. The van der Waals surface area contributed by atoms with Gasteiger partial charge >= 0.3 is 5.97 Å². The quantitative estimate of drug-likeness (QED) is 0.778. The smallest absolute Gasteiger partial charge is 0.304 e. The summed E-state index contributed by atoms with van der Waals surface area (Å²) in [6, 6.07) is 7.73. The molecule has 0 amide bonds. The number of aromatic nitrogens is 2. The first-order valence-electron chi connectivity index (χ1n) is 4.55. The van der Waals surface area contributed by atoms with Crippen molar-refractivity contribution in [3.63, 3.8) is 0 Å². The van der Waals surface area contributed by atoms with Crippen LogP contribution in [-0.2, 0) is 4.79 Å². The number of carbonyl (C=O) groups is 1. The maximum Gasteiger partial charge on any atom is 0.304 e. The number of nitrogens with zero attached hydrogens (tertiary/aromatic N) is 1. The van der Waals surface area contributed by atoms with E-state index in [9.17, 15) is 4.79 Å². The number of benzene rings is 1. The first-order valence-corrected chi connectivity index (χ1v) is 5.53. The molecule has 0 spiro atoms. The third kappa shape index (κ3) is 2.50. The molecule has 0 atom stereocenters. The zero-order chi connectivity index (χ0) is 10.7. The molecule has 2 aromatic rings. The van der Waals surface area contributed by atoms with Crippen LogP contribution >= 0.6 is 11.8 Å². The molecule has 78 valence electrons. The maximum atomic E-state index is 10.3. The summed E-state index contributed by atoms with van der Waals surface area (Å²) in [7, 11) is 0. The fourth-order valence-electron chi connectivity index (χ4n) is 1.23. The molecule has 2 rings (SSSR count). The zero-order valence-corrected chi connectivity index (χ0v) is 8.75. The van der Waals surface area contributed by atoms with Crippen molar-refractivity contribution in [1.29, 1.82) is 0 Å². The maximum absolute atomic E-state index is 10.3. The fourth-order valence-corrected chi connectivity index (χ4v) is 2.05. The van der Waals surface area contributed by atoms with Gasteiger partial charge in [-0.1, -0.05) is 23.9 Å². The highest BCUT2D eigenvalue weighted by Crippen LogP contribution is 2.19. The number of fused-ring (bicyclic) bond motifs is 1. The Labute approximate surface area is 90.7 Å². The van der Waals surface area contributed by atoms with Crippen LogP contribution in [0.25, 0.3) is 11.0 Å². The minimum absolute atomic E-state index is 0.154. The number of hydrogen-bond acceptors (Lipinski definition) is 3. The summed E-state index contributed by atoms with van der Waals surface area (Å²) in [6.45, 7) is 0. The average molecular weight is 222 g/mol. The second kappa shape index (κ2) is 4.35. The number of aromatic amines is 1. The summed E-state index contributed by atoms with van der Waals surface area (Å²) < 4.78 is 0. The van der Waals surface area contributed by atoms with Gasteiger partial charge in [-0.25, -0.2) is 4.98 Å². The third-order valence-corrected chi connectivity index (χ3v) is 2.80. The molecule has 0 bridgehead atoms. The minimum Gasteiger partial charge on any atom is -0.481 e. The molecule has 5 heteroatoms. The van der Waals surface area contributed by atoms with Crippen LogP contribution in [0.2, 0.25) is 0 Å². The van der Waals surface area contributed by atoms with E-state index in [2.05, 4.69) is 9.97 Å². The molecule has 1 heterocycles. The van der Waals surface area contributed by atoms with Crippen molar-refractivity contribution in [2.24, 2.45) is 0 Å². The van der Waals surface area contributed by atoms with Crippen LogP contribution in [0.5, 0.6) is 0 Å². The summed E-state index contributed by atoms with van der Waals surface area (Å²) >= 11 is 1.43. The van der Waals surface area contributed by atoms with Crippen molar-refractivity contribution in [3.8, 4) is 0 Å². The van der Waals surface area contributed by atoms with Gasteiger partial charge in [0, 0.05) is 5.75 Å². The van der Waals surface area contributed by atoms with Crippen molar-refractivity contribution in [2.45, 2.75) is 11.6 Å². The second-order valence-electron chi connectivity index (χ2n) is 3.05. The molecule has 0 saturated carbocycles. The zero-order valence-electron chi connectivity index (χ0n) is 7.93. The van der Waals surface area contributed by atoms with Crippen molar-refractivity contribution >= 4 is 28.8 Å². The van der Waals surface area contributed by atoms with Crippen LogP contribution in [0.3, 0.4) is 0 Å². The number of aliphatic carboxylic acids is 1. The third-order valence-electron chi connectivity index (χ3n) is 1.92. The number of imidazole rings is 1. The lowest BCUT2D eigenvalue weighted by Crippen LogP contribution is -1.95. The van der Waals surface area contributed by atoms with Crippen molar-refractivity contribution in [2.75, 3.05) is 5.75 Å². The highest BCUT2D eigenvalue weighted by atomic mass is 32.2. The molecular weight excluding hydrogens is 212 g/mol. The van der Waals surface area contributed by atoms with Crippen molar-refractivity contribution in [1.82, 2.24) is 9.97 Å². The summed E-state index contributed by atoms with van der Waals surface area (Å²) in [5.74, 6) is -0.242. The van der Waals surface area contributed by atoms with Gasteiger partial charge in [0.2, 0.25) is 0 Å². The first-order chi connectivity index (χ1) is 7.25. The number of hydrogen-bond donors (Lipinski definition) is 2. The molecule has 0 saturated heterocycles. The number of H-pyrrole nitrogens is 1. The van der Waals surface area contributed by atoms with E-state index in [1.54, 1.807) is 0 Å². The molecule has 0 unspecified atom stereocenters. The molecule has 1 aromatic carbocycles. The normalized spacial score (nSPS) is 10.7. The van der Waals surface area contributed by atoms with E-state index in [4.69, 9.17) is 5.11 Å². The van der Waals surface area contributed by atoms with Gasteiger partial charge in [0.25, 0.3) is 0 Å². The van der Waals surface area contributed by atoms with E-state index in [0.717, 1.165) is 16.2 Å². The molecule has 0 aliphatic heterocycles. The molecule has 4 nitrogen and oxygen atoms in total. The summed E-state index contributed by atoms with van der Waals surface area (Å²) in [6.07, 6.45) is 0.154. The van der Waals surface area contributed by atoms with Crippen LogP contribution in [0.4, 0.5) is 0 Å². The van der Waals surface area contributed by atoms with Gasteiger partial charge in [-0.3, -0.25) is 4.79 Å². The van der Waals surface area contributed by atoms with E-state index in [-0.39, 0.29) is 6.42 Å². The number of thioether (sulfide) groups is 1. The lowest BCUT2D eigenvalue weighted by Gasteiger charge is -1.92. The minimum atomic E-state index is -0.779. The van der Waals surface area contributed by atoms with Gasteiger partial charge in [-0.2, -0.15) is 0 Å². The fraction of sp³-hybridized carbons (Fsp3) is 0.200. The summed E-state index contributed by atoms with van der Waals surface area (Å²) in [4.78, 5) is 17.8.